The van der Waals surface area contributed by atoms with E-state index in [4.69, 9.17) is 38.6 Å². The summed E-state index contributed by atoms with van der Waals surface area (Å²) in [7, 11) is 1.74. The van der Waals surface area contributed by atoms with E-state index in [1.807, 2.05) is 6.92 Å². The highest BCUT2D eigenvalue weighted by Gasteiger charge is 2.10. The van der Waals surface area contributed by atoms with Crippen LogP contribution in [-0.2, 0) is 9.05 Å². The zero-order valence-corrected chi connectivity index (χ0v) is 13.5. The van der Waals surface area contributed by atoms with Gasteiger partial charge in [-0.15, -0.1) is 0 Å². The van der Waals surface area contributed by atoms with E-state index in [2.05, 4.69) is 0 Å². The van der Waals surface area contributed by atoms with Gasteiger partial charge in [-0.25, -0.2) is 8.42 Å². The van der Waals surface area contributed by atoms with Crippen LogP contribution in [0.4, 0.5) is 0 Å². The SMILES string of the molecule is CC(CCOc1ccc(Cl)cc1Cl)CCS(=O)(=O)Cl. The first-order valence-electron chi connectivity index (χ1n) is 5.78. The number of hydrogen-bond acceptors (Lipinski definition) is 3. The summed E-state index contributed by atoms with van der Waals surface area (Å²) in [5.74, 6) is 0.764. The highest BCUT2D eigenvalue weighted by Crippen LogP contribution is 2.27. The zero-order chi connectivity index (χ0) is 14.5. The van der Waals surface area contributed by atoms with E-state index in [9.17, 15) is 8.42 Å². The van der Waals surface area contributed by atoms with Crippen LogP contribution in [0.25, 0.3) is 0 Å². The molecule has 1 aromatic rings. The molecule has 0 heterocycles. The van der Waals surface area contributed by atoms with Gasteiger partial charge in [-0.05, 0) is 37.0 Å². The fourth-order valence-corrected chi connectivity index (χ4v) is 2.86. The standard InChI is InChI=1S/C12H15Cl3O3S/c1-9(5-7-19(15,16)17)4-6-18-12-3-2-10(13)8-11(12)14/h2-3,8-9H,4-7H2,1H3. The molecule has 0 saturated heterocycles. The monoisotopic (exact) mass is 344 g/mol. The normalized spacial score (nSPS) is 13.3. The first-order chi connectivity index (χ1) is 8.78. The van der Waals surface area contributed by atoms with Crippen molar-refractivity contribution in [2.75, 3.05) is 12.4 Å². The molecule has 0 radical (unpaired) electrons. The Balaban J connectivity index is 2.33. The molecule has 1 atom stereocenters. The summed E-state index contributed by atoms with van der Waals surface area (Å²) in [6.45, 7) is 2.42. The summed E-state index contributed by atoms with van der Waals surface area (Å²) >= 11 is 11.7. The Bertz CT molecular complexity index is 517. The number of rotatable bonds is 7. The first kappa shape index (κ1) is 16.9. The zero-order valence-electron chi connectivity index (χ0n) is 10.4. The molecule has 3 nitrogen and oxygen atoms in total. The molecule has 0 spiro atoms. The summed E-state index contributed by atoms with van der Waals surface area (Å²) in [5.41, 5.74) is 0. The molecule has 0 aliphatic heterocycles. The van der Waals surface area contributed by atoms with Crippen molar-refractivity contribution in [3.63, 3.8) is 0 Å². The highest BCUT2D eigenvalue weighted by atomic mass is 35.7. The van der Waals surface area contributed by atoms with Gasteiger partial charge in [-0.2, -0.15) is 0 Å². The van der Waals surface area contributed by atoms with Crippen LogP contribution in [0.2, 0.25) is 10.0 Å². The predicted molar refractivity (Wildman–Crippen MR) is 80.0 cm³/mol. The summed E-state index contributed by atoms with van der Waals surface area (Å²) in [6.07, 6.45) is 1.24. The third kappa shape index (κ3) is 7.25. The molecule has 0 amide bonds. The van der Waals surface area contributed by atoms with Gasteiger partial charge in [0.2, 0.25) is 9.05 Å². The van der Waals surface area contributed by atoms with E-state index in [0.717, 1.165) is 6.42 Å². The lowest BCUT2D eigenvalue weighted by atomic mass is 10.1. The second-order valence-electron chi connectivity index (χ2n) is 4.35. The quantitative estimate of drug-likeness (QED) is 0.690. The van der Waals surface area contributed by atoms with Crippen LogP contribution in [0.15, 0.2) is 18.2 Å². The van der Waals surface area contributed by atoms with Crippen LogP contribution < -0.4 is 4.74 Å². The average Bonchev–Trinajstić information content (AvgIpc) is 2.28. The lowest BCUT2D eigenvalue weighted by Gasteiger charge is -2.12. The fraction of sp³-hybridized carbons (Fsp3) is 0.500. The van der Waals surface area contributed by atoms with Gasteiger partial charge in [0.05, 0.1) is 17.4 Å². The van der Waals surface area contributed by atoms with E-state index in [-0.39, 0.29) is 11.7 Å². The third-order valence-corrected chi connectivity index (χ3v) is 4.33. The molecule has 0 aromatic heterocycles. The van der Waals surface area contributed by atoms with Crippen molar-refractivity contribution in [3.05, 3.63) is 28.2 Å². The second-order valence-corrected chi connectivity index (χ2v) is 8.09. The highest BCUT2D eigenvalue weighted by molar-refractivity contribution is 8.13. The molecule has 1 unspecified atom stereocenters. The van der Waals surface area contributed by atoms with Crippen molar-refractivity contribution in [3.8, 4) is 5.75 Å². The minimum atomic E-state index is -3.41. The van der Waals surface area contributed by atoms with Crippen LogP contribution in [-0.4, -0.2) is 20.8 Å². The Labute approximate surface area is 128 Å². The maximum Gasteiger partial charge on any atom is 0.232 e. The molecule has 0 aliphatic carbocycles. The largest absolute Gasteiger partial charge is 0.492 e. The van der Waals surface area contributed by atoms with Crippen LogP contribution in [0.5, 0.6) is 5.75 Å². The number of ether oxygens (including phenoxy) is 1. The fourth-order valence-electron chi connectivity index (χ4n) is 1.45. The van der Waals surface area contributed by atoms with Gasteiger partial charge in [0.25, 0.3) is 0 Å². The van der Waals surface area contributed by atoms with E-state index >= 15 is 0 Å². The van der Waals surface area contributed by atoms with Gasteiger partial charge in [-0.1, -0.05) is 30.1 Å². The summed E-state index contributed by atoms with van der Waals surface area (Å²) in [4.78, 5) is 0. The summed E-state index contributed by atoms with van der Waals surface area (Å²) in [5, 5.41) is 1.02. The first-order valence-corrected chi connectivity index (χ1v) is 9.01. The Morgan fingerprint density at radius 2 is 1.95 bits per heavy atom. The van der Waals surface area contributed by atoms with Crippen LogP contribution in [0.1, 0.15) is 19.8 Å². The topological polar surface area (TPSA) is 43.4 Å². The minimum absolute atomic E-state index is 0.0164. The summed E-state index contributed by atoms with van der Waals surface area (Å²) < 4.78 is 27.1. The lowest BCUT2D eigenvalue weighted by Crippen LogP contribution is -2.08. The molecular formula is C12H15Cl3O3S. The van der Waals surface area contributed by atoms with Crippen molar-refractivity contribution >= 4 is 42.9 Å². The van der Waals surface area contributed by atoms with Crippen molar-refractivity contribution in [2.24, 2.45) is 5.92 Å². The van der Waals surface area contributed by atoms with E-state index in [0.29, 0.717) is 28.8 Å². The van der Waals surface area contributed by atoms with Crippen molar-refractivity contribution < 1.29 is 13.2 Å². The van der Waals surface area contributed by atoms with E-state index < -0.39 is 9.05 Å². The molecule has 0 bridgehead atoms. The molecule has 1 rings (SSSR count). The molecule has 108 valence electrons. The maximum absolute atomic E-state index is 10.8. The van der Waals surface area contributed by atoms with Crippen molar-refractivity contribution in [1.29, 1.82) is 0 Å². The average molecular weight is 346 g/mol. The van der Waals surface area contributed by atoms with Gasteiger partial charge in [0.1, 0.15) is 5.75 Å². The Morgan fingerprint density at radius 1 is 1.26 bits per heavy atom. The van der Waals surface area contributed by atoms with Gasteiger partial charge in [-0.3, -0.25) is 0 Å². The molecular weight excluding hydrogens is 331 g/mol. The van der Waals surface area contributed by atoms with Gasteiger partial charge >= 0.3 is 0 Å². The van der Waals surface area contributed by atoms with Gasteiger partial charge < -0.3 is 4.74 Å². The van der Waals surface area contributed by atoms with E-state index in [1.165, 1.54) is 0 Å². The van der Waals surface area contributed by atoms with E-state index in [1.54, 1.807) is 18.2 Å². The molecule has 0 saturated carbocycles. The lowest BCUT2D eigenvalue weighted by molar-refractivity contribution is 0.282. The molecule has 0 aliphatic rings. The Morgan fingerprint density at radius 3 is 2.53 bits per heavy atom. The van der Waals surface area contributed by atoms with Gasteiger partial charge in [0, 0.05) is 15.7 Å². The van der Waals surface area contributed by atoms with Crippen LogP contribution >= 0.6 is 33.9 Å². The molecule has 7 heteroatoms. The Hall–Kier alpha value is -0.160. The second kappa shape index (κ2) is 7.58. The summed E-state index contributed by atoms with van der Waals surface area (Å²) in [6, 6.07) is 5.02. The molecule has 1 aromatic carbocycles. The van der Waals surface area contributed by atoms with Crippen LogP contribution in [0, 0.1) is 5.92 Å². The maximum atomic E-state index is 10.8. The number of hydrogen-bond donors (Lipinski definition) is 0. The number of benzene rings is 1. The smallest absolute Gasteiger partial charge is 0.232 e. The minimum Gasteiger partial charge on any atom is -0.492 e. The Kier molecular flexibility index (Phi) is 6.74. The molecule has 19 heavy (non-hydrogen) atoms. The van der Waals surface area contributed by atoms with Crippen molar-refractivity contribution in [1.82, 2.24) is 0 Å². The third-order valence-electron chi connectivity index (χ3n) is 2.62. The number of halogens is 3. The molecule has 0 fully saturated rings. The van der Waals surface area contributed by atoms with Gasteiger partial charge in [0.15, 0.2) is 0 Å². The van der Waals surface area contributed by atoms with Crippen LogP contribution in [0.3, 0.4) is 0 Å². The molecule has 0 N–H and O–H groups in total. The van der Waals surface area contributed by atoms with Crippen molar-refractivity contribution in [2.45, 2.75) is 19.8 Å². The predicted octanol–water partition coefficient (Wildman–Crippen LogP) is 4.36.